The molecule has 6 rings (SSSR count). The Bertz CT molecular complexity index is 1950. The van der Waals surface area contributed by atoms with Gasteiger partial charge in [0.25, 0.3) is 11.5 Å². The summed E-state index contributed by atoms with van der Waals surface area (Å²) in [6.07, 6.45) is -3.27. The summed E-state index contributed by atoms with van der Waals surface area (Å²) in [7, 11) is 4.51. The van der Waals surface area contributed by atoms with E-state index >= 15 is 0 Å². The number of hydrogen-bond donors (Lipinski definition) is 1. The molecule has 2 heterocycles. The fraction of sp³-hybridized carbons (Fsp3) is 0.237. The third-order valence-corrected chi connectivity index (χ3v) is 8.73. The summed E-state index contributed by atoms with van der Waals surface area (Å²) in [5, 5.41) is 11.4. The van der Waals surface area contributed by atoms with Gasteiger partial charge in [0.15, 0.2) is 6.23 Å². The third kappa shape index (κ3) is 6.32. The Kier molecular flexibility index (Phi) is 9.88. The minimum absolute atomic E-state index is 0.0823. The number of methoxy groups -OCH3 is 3. The molecule has 5 aromatic rings. The molecule has 0 amide bonds. The summed E-state index contributed by atoms with van der Waals surface area (Å²) >= 11 is 0. The summed E-state index contributed by atoms with van der Waals surface area (Å²) in [5.74, 6) is 0.351. The van der Waals surface area contributed by atoms with Gasteiger partial charge < -0.3 is 28.8 Å². The lowest BCUT2D eigenvalue weighted by Gasteiger charge is -2.37. The van der Waals surface area contributed by atoms with Gasteiger partial charge in [0.05, 0.1) is 20.8 Å². The van der Waals surface area contributed by atoms with Crippen LogP contribution in [0.3, 0.4) is 0 Å². The molecule has 0 radical (unpaired) electrons. The molecule has 0 bridgehead atoms. The number of aromatic nitrogens is 2. The molecule has 1 saturated heterocycles. The first kappa shape index (κ1) is 33.6. The van der Waals surface area contributed by atoms with Gasteiger partial charge in [-0.3, -0.25) is 14.2 Å². The summed E-state index contributed by atoms with van der Waals surface area (Å²) < 4.78 is 31.0. The van der Waals surface area contributed by atoms with Crippen LogP contribution < -0.4 is 20.7 Å². The molecule has 1 aliphatic rings. The van der Waals surface area contributed by atoms with Crippen molar-refractivity contribution in [2.75, 3.05) is 27.9 Å². The molecule has 1 aromatic heterocycles. The molecule has 49 heavy (non-hydrogen) atoms. The van der Waals surface area contributed by atoms with Crippen LogP contribution in [0.1, 0.15) is 33.3 Å². The molecule has 4 aromatic carbocycles. The number of carbonyl (C=O) groups excluding carboxylic acids is 1. The van der Waals surface area contributed by atoms with Gasteiger partial charge >= 0.3 is 5.69 Å². The molecule has 0 aliphatic carbocycles. The van der Waals surface area contributed by atoms with Crippen molar-refractivity contribution in [3.8, 4) is 11.5 Å². The predicted molar refractivity (Wildman–Crippen MR) is 180 cm³/mol. The molecular formula is C38H36N2O9. The molecule has 0 unspecified atom stereocenters. The van der Waals surface area contributed by atoms with Gasteiger partial charge in [-0.25, -0.2) is 4.79 Å². The summed E-state index contributed by atoms with van der Waals surface area (Å²) in [6, 6.07) is 34.1. The van der Waals surface area contributed by atoms with Gasteiger partial charge in [0, 0.05) is 24.9 Å². The van der Waals surface area contributed by atoms with E-state index in [4.69, 9.17) is 23.7 Å². The number of aliphatic hydroxyl groups excluding tert-OH is 1. The van der Waals surface area contributed by atoms with Crippen molar-refractivity contribution in [3.63, 3.8) is 0 Å². The van der Waals surface area contributed by atoms with E-state index in [1.165, 1.54) is 32.5 Å². The maximum atomic E-state index is 13.7. The maximum Gasteiger partial charge on any atom is 0.340 e. The highest BCUT2D eigenvalue weighted by Gasteiger charge is 2.48. The molecule has 0 saturated carbocycles. The van der Waals surface area contributed by atoms with Gasteiger partial charge in [-0.05, 0) is 53.1 Å². The van der Waals surface area contributed by atoms with E-state index in [-0.39, 0.29) is 12.2 Å². The van der Waals surface area contributed by atoms with Crippen molar-refractivity contribution in [2.45, 2.75) is 30.1 Å². The normalized spacial score (nSPS) is 19.0. The molecule has 0 spiro atoms. The van der Waals surface area contributed by atoms with Crippen molar-refractivity contribution in [3.05, 3.63) is 165 Å². The molecule has 252 valence electrons. The van der Waals surface area contributed by atoms with Crippen LogP contribution in [0.5, 0.6) is 11.5 Å². The fourth-order valence-corrected chi connectivity index (χ4v) is 6.24. The lowest BCUT2D eigenvalue weighted by molar-refractivity contribution is -0.0996. The smallest absolute Gasteiger partial charge is 0.340 e. The monoisotopic (exact) mass is 664 g/mol. The van der Waals surface area contributed by atoms with E-state index in [0.29, 0.717) is 16.1 Å². The van der Waals surface area contributed by atoms with Crippen LogP contribution in [0.4, 0.5) is 0 Å². The lowest BCUT2D eigenvalue weighted by Crippen LogP contribution is -2.46. The molecule has 4 atom stereocenters. The van der Waals surface area contributed by atoms with Crippen molar-refractivity contribution >= 4 is 5.91 Å². The highest BCUT2D eigenvalue weighted by atomic mass is 16.6. The van der Waals surface area contributed by atoms with Crippen LogP contribution >= 0.6 is 0 Å². The fourth-order valence-electron chi connectivity index (χ4n) is 6.24. The zero-order chi connectivity index (χ0) is 34.5. The van der Waals surface area contributed by atoms with E-state index in [2.05, 4.69) is 0 Å². The number of ether oxygens (including phenoxy) is 5. The highest BCUT2D eigenvalue weighted by Crippen LogP contribution is 2.42. The average molecular weight is 665 g/mol. The Morgan fingerprint density at radius 3 is 1.82 bits per heavy atom. The second kappa shape index (κ2) is 14.4. The maximum absolute atomic E-state index is 13.7. The first-order valence-corrected chi connectivity index (χ1v) is 15.6. The zero-order valence-corrected chi connectivity index (χ0v) is 27.2. The number of rotatable bonds is 11. The lowest BCUT2D eigenvalue weighted by atomic mass is 9.80. The second-order valence-electron chi connectivity index (χ2n) is 11.4. The van der Waals surface area contributed by atoms with E-state index in [9.17, 15) is 19.5 Å². The molecule has 1 aliphatic heterocycles. The third-order valence-electron chi connectivity index (χ3n) is 8.73. The van der Waals surface area contributed by atoms with Gasteiger partial charge in [-0.1, -0.05) is 72.8 Å². The van der Waals surface area contributed by atoms with Crippen LogP contribution in [0, 0.1) is 0 Å². The van der Waals surface area contributed by atoms with Crippen molar-refractivity contribution in [1.29, 1.82) is 0 Å². The van der Waals surface area contributed by atoms with Crippen molar-refractivity contribution < 1.29 is 33.6 Å². The van der Waals surface area contributed by atoms with Gasteiger partial charge in [-0.15, -0.1) is 0 Å². The molecule has 11 nitrogen and oxygen atoms in total. The SMILES string of the molecule is COc1ccc(C(=O)n2c(=O)ccn([C@@H]3O[C@H](COC(c4ccccc4)(c4ccccc4)c4ccc(OC)cc4)[C@@H](OC)[C@H]3O)c2=O)cc1. The Morgan fingerprint density at radius 1 is 0.755 bits per heavy atom. The van der Waals surface area contributed by atoms with E-state index in [1.54, 1.807) is 19.2 Å². The van der Waals surface area contributed by atoms with Crippen LogP contribution in [0.2, 0.25) is 0 Å². The Balaban J connectivity index is 1.36. The van der Waals surface area contributed by atoms with E-state index < -0.39 is 47.3 Å². The second-order valence-corrected chi connectivity index (χ2v) is 11.4. The number of nitrogens with zero attached hydrogens (tertiary/aromatic N) is 2. The summed E-state index contributed by atoms with van der Waals surface area (Å²) in [6.45, 7) is -0.0823. The molecule has 1 N–H and O–H groups in total. The Labute approximate surface area is 282 Å². The Morgan fingerprint density at radius 2 is 1.29 bits per heavy atom. The number of hydrogen-bond acceptors (Lipinski definition) is 9. The predicted octanol–water partition coefficient (Wildman–Crippen LogP) is 4.00. The largest absolute Gasteiger partial charge is 0.497 e. The van der Waals surface area contributed by atoms with Gasteiger partial charge in [-0.2, -0.15) is 4.57 Å². The Hall–Kier alpha value is -5.33. The van der Waals surface area contributed by atoms with Crippen LogP contribution in [0.15, 0.2) is 131 Å². The average Bonchev–Trinajstić information content (AvgIpc) is 3.47. The van der Waals surface area contributed by atoms with Crippen molar-refractivity contribution in [2.24, 2.45) is 0 Å². The van der Waals surface area contributed by atoms with Crippen LogP contribution in [0.25, 0.3) is 0 Å². The topological polar surface area (TPSA) is 127 Å². The van der Waals surface area contributed by atoms with E-state index in [1.807, 2.05) is 84.9 Å². The van der Waals surface area contributed by atoms with Crippen LogP contribution in [-0.2, 0) is 19.8 Å². The van der Waals surface area contributed by atoms with Crippen molar-refractivity contribution in [1.82, 2.24) is 9.13 Å². The van der Waals surface area contributed by atoms with E-state index in [0.717, 1.165) is 27.3 Å². The van der Waals surface area contributed by atoms with Crippen LogP contribution in [-0.4, -0.2) is 66.4 Å². The molecule has 1 fully saturated rings. The number of aliphatic hydroxyl groups is 1. The first-order valence-electron chi connectivity index (χ1n) is 15.6. The number of carbonyl (C=O) groups is 1. The zero-order valence-electron chi connectivity index (χ0n) is 27.2. The first-order chi connectivity index (χ1) is 23.8. The summed E-state index contributed by atoms with van der Waals surface area (Å²) in [4.78, 5) is 39.8. The minimum Gasteiger partial charge on any atom is -0.497 e. The quantitative estimate of drug-likeness (QED) is 0.209. The highest BCUT2D eigenvalue weighted by molar-refractivity contribution is 5.95. The summed E-state index contributed by atoms with van der Waals surface area (Å²) in [5.41, 5.74) is -0.332. The van der Waals surface area contributed by atoms with Gasteiger partial charge in [0.2, 0.25) is 0 Å². The molecule has 11 heteroatoms. The van der Waals surface area contributed by atoms with Gasteiger partial charge in [0.1, 0.15) is 35.4 Å². The number of benzene rings is 4. The standard InChI is InChI=1S/C38H36N2O9/c1-45-29-18-14-25(15-19-29)35(43)40-32(41)22-23-39(37(40)44)36-33(42)34(47-3)31(49-36)24-48-38(26-10-6-4-7-11-26,27-12-8-5-9-13-27)28-16-20-30(46-2)21-17-28/h4-23,31,33-34,36,42H,24H2,1-3H3/t31-,33-,34-,36-/m1/s1. The molecular weight excluding hydrogens is 628 g/mol. The minimum atomic E-state index is -1.36.